The fourth-order valence-corrected chi connectivity index (χ4v) is 7.53. The Morgan fingerprint density at radius 2 is 1.14 bits per heavy atom. The summed E-state index contributed by atoms with van der Waals surface area (Å²) in [4.78, 5) is 5.51. The van der Waals surface area contributed by atoms with Gasteiger partial charge < -0.3 is 9.73 Å². The Balaban J connectivity index is 1.17. The first-order valence-corrected chi connectivity index (χ1v) is 16.7. The minimum atomic E-state index is -0.332. The molecule has 3 heteroatoms. The van der Waals surface area contributed by atoms with E-state index in [0.29, 0.717) is 0 Å². The highest BCUT2D eigenvalue weighted by atomic mass is 16.3. The van der Waals surface area contributed by atoms with E-state index in [-0.39, 0.29) is 6.17 Å². The van der Waals surface area contributed by atoms with Crippen molar-refractivity contribution in [2.75, 3.05) is 5.32 Å². The lowest BCUT2D eigenvalue weighted by Gasteiger charge is -2.27. The lowest BCUT2D eigenvalue weighted by Crippen LogP contribution is -2.20. The van der Waals surface area contributed by atoms with Crippen LogP contribution in [0, 0.1) is 0 Å². The van der Waals surface area contributed by atoms with E-state index in [1.165, 1.54) is 21.9 Å². The number of hydrogen-bond acceptors (Lipinski definition) is 3. The fourth-order valence-electron chi connectivity index (χ4n) is 7.53. The van der Waals surface area contributed by atoms with Crippen molar-refractivity contribution < 1.29 is 4.42 Å². The Hall–Kier alpha value is -6.45. The predicted molar refractivity (Wildman–Crippen MR) is 204 cm³/mol. The van der Waals surface area contributed by atoms with Crippen LogP contribution in [0.15, 0.2) is 179 Å². The number of aliphatic imine (C=N–C) groups is 1. The maximum Gasteiger partial charge on any atom is 0.146 e. The Morgan fingerprint density at radius 3 is 2.00 bits per heavy atom. The number of nitrogens with zero attached hydrogens (tertiary/aromatic N) is 1. The summed E-state index contributed by atoms with van der Waals surface area (Å²) in [6, 6.07) is 60.2. The molecular formula is C46H30N2O. The molecule has 0 fully saturated rings. The molecule has 1 aromatic heterocycles. The van der Waals surface area contributed by atoms with Crippen LogP contribution in [-0.4, -0.2) is 5.71 Å². The zero-order valence-corrected chi connectivity index (χ0v) is 26.6. The molecule has 1 N–H and O–H groups in total. The number of furan rings is 1. The number of rotatable bonds is 4. The fraction of sp³-hybridized carbons (Fsp3) is 0.0217. The van der Waals surface area contributed by atoms with Crippen LogP contribution in [0.5, 0.6) is 0 Å². The molecule has 49 heavy (non-hydrogen) atoms. The largest absolute Gasteiger partial charge is 0.455 e. The SMILES string of the molecule is c1ccc(-c2cc(C3N=C(c4ccc(-c5cccc6ccccc56)cc4)c4ccccc4N3)c3c(c2)oc2c4ccccc4ccc23)cc1. The maximum atomic E-state index is 6.75. The van der Waals surface area contributed by atoms with Gasteiger partial charge in [-0.25, -0.2) is 0 Å². The van der Waals surface area contributed by atoms with Gasteiger partial charge in [-0.05, 0) is 62.7 Å². The third kappa shape index (κ3) is 4.55. The highest BCUT2D eigenvalue weighted by molar-refractivity contribution is 6.19. The van der Waals surface area contributed by atoms with Crippen LogP contribution in [0.3, 0.4) is 0 Å². The molecular weight excluding hydrogens is 597 g/mol. The molecule has 10 rings (SSSR count). The van der Waals surface area contributed by atoms with Gasteiger partial charge in [0.05, 0.1) is 5.71 Å². The average molecular weight is 627 g/mol. The van der Waals surface area contributed by atoms with Gasteiger partial charge in [0.1, 0.15) is 17.3 Å². The van der Waals surface area contributed by atoms with E-state index in [1.807, 2.05) is 0 Å². The summed E-state index contributed by atoms with van der Waals surface area (Å²) >= 11 is 0. The van der Waals surface area contributed by atoms with E-state index in [0.717, 1.165) is 71.9 Å². The third-order valence-corrected chi connectivity index (χ3v) is 9.89. The first-order chi connectivity index (χ1) is 24.3. The summed E-state index contributed by atoms with van der Waals surface area (Å²) in [7, 11) is 0. The molecule has 2 heterocycles. The van der Waals surface area contributed by atoms with E-state index >= 15 is 0 Å². The van der Waals surface area contributed by atoms with Crippen molar-refractivity contribution in [3.8, 4) is 22.3 Å². The summed E-state index contributed by atoms with van der Waals surface area (Å²) in [6.07, 6.45) is -0.332. The van der Waals surface area contributed by atoms with E-state index in [9.17, 15) is 0 Å². The predicted octanol–water partition coefficient (Wildman–Crippen LogP) is 12.2. The van der Waals surface area contributed by atoms with Crippen LogP contribution in [-0.2, 0) is 0 Å². The second-order valence-electron chi connectivity index (χ2n) is 12.7. The van der Waals surface area contributed by atoms with Crippen LogP contribution in [0.1, 0.15) is 22.9 Å². The lowest BCUT2D eigenvalue weighted by molar-refractivity contribution is 0.672. The minimum absolute atomic E-state index is 0.332. The molecule has 1 unspecified atom stereocenters. The number of anilines is 1. The summed E-state index contributed by atoms with van der Waals surface area (Å²) in [5.74, 6) is 0. The second kappa shape index (κ2) is 11.1. The molecule has 0 aliphatic carbocycles. The van der Waals surface area contributed by atoms with Crippen molar-refractivity contribution in [1.82, 2.24) is 0 Å². The number of para-hydroxylation sites is 1. The molecule has 0 saturated heterocycles. The van der Waals surface area contributed by atoms with Crippen molar-refractivity contribution in [1.29, 1.82) is 0 Å². The molecule has 1 atom stereocenters. The van der Waals surface area contributed by atoms with E-state index in [4.69, 9.17) is 9.41 Å². The Kier molecular flexibility index (Phi) is 6.25. The van der Waals surface area contributed by atoms with Crippen LogP contribution < -0.4 is 5.32 Å². The first-order valence-electron chi connectivity index (χ1n) is 16.7. The van der Waals surface area contributed by atoms with Crippen molar-refractivity contribution >= 4 is 54.9 Å². The summed E-state index contributed by atoms with van der Waals surface area (Å²) in [5.41, 5.74) is 11.7. The molecule has 1 aliphatic rings. The molecule has 0 bridgehead atoms. The number of nitrogens with one attached hydrogen (secondary N) is 1. The van der Waals surface area contributed by atoms with Gasteiger partial charge in [0.25, 0.3) is 0 Å². The third-order valence-electron chi connectivity index (χ3n) is 9.89. The van der Waals surface area contributed by atoms with Gasteiger partial charge in [-0.3, -0.25) is 4.99 Å². The van der Waals surface area contributed by atoms with Gasteiger partial charge in [0.15, 0.2) is 0 Å². The van der Waals surface area contributed by atoms with E-state index in [1.54, 1.807) is 0 Å². The molecule has 3 nitrogen and oxygen atoms in total. The zero-order valence-electron chi connectivity index (χ0n) is 26.6. The number of hydrogen-bond donors (Lipinski definition) is 1. The van der Waals surface area contributed by atoms with Crippen molar-refractivity contribution in [2.45, 2.75) is 6.17 Å². The monoisotopic (exact) mass is 626 g/mol. The highest BCUT2D eigenvalue weighted by Crippen LogP contribution is 2.43. The minimum Gasteiger partial charge on any atom is -0.455 e. The highest BCUT2D eigenvalue weighted by Gasteiger charge is 2.26. The van der Waals surface area contributed by atoms with E-state index in [2.05, 4.69) is 175 Å². The molecule has 0 radical (unpaired) electrons. The summed E-state index contributed by atoms with van der Waals surface area (Å²) < 4.78 is 6.75. The van der Waals surface area contributed by atoms with Crippen LogP contribution >= 0.6 is 0 Å². The lowest BCUT2D eigenvalue weighted by atomic mass is 9.92. The van der Waals surface area contributed by atoms with Crippen molar-refractivity contribution in [3.05, 3.63) is 187 Å². The van der Waals surface area contributed by atoms with Gasteiger partial charge in [0.2, 0.25) is 0 Å². The zero-order chi connectivity index (χ0) is 32.3. The molecule has 9 aromatic rings. The quantitative estimate of drug-likeness (QED) is 0.211. The average Bonchev–Trinajstić information content (AvgIpc) is 3.57. The Labute approximate surface area is 283 Å². The first kappa shape index (κ1) is 27.6. The topological polar surface area (TPSA) is 37.5 Å². The molecule has 0 saturated carbocycles. The van der Waals surface area contributed by atoms with Gasteiger partial charge in [-0.1, -0.05) is 146 Å². The molecule has 230 valence electrons. The molecule has 8 aromatic carbocycles. The van der Waals surface area contributed by atoms with Gasteiger partial charge >= 0.3 is 0 Å². The Bertz CT molecular complexity index is 2730. The summed E-state index contributed by atoms with van der Waals surface area (Å²) in [6.45, 7) is 0. The number of fused-ring (bicyclic) bond motifs is 7. The second-order valence-corrected chi connectivity index (χ2v) is 12.7. The summed E-state index contributed by atoms with van der Waals surface area (Å²) in [5, 5.41) is 10.8. The van der Waals surface area contributed by atoms with E-state index < -0.39 is 0 Å². The van der Waals surface area contributed by atoms with Crippen LogP contribution in [0.25, 0.3) is 65.7 Å². The standard InChI is InChI=1S/C46H30N2O/c1-2-11-29(12-3-1)34-27-40(43-39-26-25-31-14-5-7-17-37(31)45(39)49-42(43)28-34)46-47-41-20-9-8-18-38(41)44(48-46)33-23-21-32(22-24-33)36-19-10-15-30-13-4-6-16-35(30)36/h1-28,46-47H. The van der Waals surface area contributed by atoms with Gasteiger partial charge in [-0.2, -0.15) is 0 Å². The van der Waals surface area contributed by atoms with Gasteiger partial charge in [-0.15, -0.1) is 0 Å². The van der Waals surface area contributed by atoms with Crippen LogP contribution in [0.2, 0.25) is 0 Å². The maximum absolute atomic E-state index is 6.75. The van der Waals surface area contributed by atoms with Crippen LogP contribution in [0.4, 0.5) is 5.69 Å². The van der Waals surface area contributed by atoms with Crippen molar-refractivity contribution in [2.24, 2.45) is 4.99 Å². The smallest absolute Gasteiger partial charge is 0.146 e. The normalized spacial score (nSPS) is 14.2. The Morgan fingerprint density at radius 1 is 0.469 bits per heavy atom. The molecule has 1 aliphatic heterocycles. The molecule has 0 amide bonds. The number of benzene rings is 8. The van der Waals surface area contributed by atoms with Gasteiger partial charge in [0, 0.05) is 38.5 Å². The van der Waals surface area contributed by atoms with Crippen molar-refractivity contribution in [3.63, 3.8) is 0 Å². The molecule has 0 spiro atoms.